The molecule has 2 N–H and O–H groups in total. The fourth-order valence-electron chi connectivity index (χ4n) is 1.45. The summed E-state index contributed by atoms with van der Waals surface area (Å²) in [5, 5.41) is 9.74. The van der Waals surface area contributed by atoms with Crippen molar-refractivity contribution >= 4 is 5.91 Å². The molecule has 17 heavy (non-hydrogen) atoms. The van der Waals surface area contributed by atoms with Gasteiger partial charge in [0.1, 0.15) is 0 Å². The number of nitrogens with zero attached hydrogens (tertiary/aromatic N) is 2. The molecule has 0 saturated heterocycles. The minimum Gasteiger partial charge on any atom is -0.330 e. The van der Waals surface area contributed by atoms with E-state index in [1.165, 1.54) is 0 Å². The third kappa shape index (κ3) is 2.46. The normalized spacial score (nSPS) is 17.9. The lowest BCUT2D eigenvalue weighted by Gasteiger charge is -2.14. The quantitative estimate of drug-likeness (QED) is 0.762. The average molecular weight is 238 g/mol. The van der Waals surface area contributed by atoms with Crippen LogP contribution >= 0.6 is 0 Å². The zero-order valence-electron chi connectivity index (χ0n) is 10.6. The van der Waals surface area contributed by atoms with Crippen LogP contribution in [0.3, 0.4) is 0 Å². The molecule has 1 aromatic rings. The Labute approximate surface area is 100 Å². The maximum absolute atomic E-state index is 11.9. The van der Waals surface area contributed by atoms with Gasteiger partial charge in [-0.25, -0.2) is 0 Å². The van der Waals surface area contributed by atoms with Crippen LogP contribution in [0.1, 0.15) is 50.1 Å². The van der Waals surface area contributed by atoms with Crippen LogP contribution in [0.15, 0.2) is 4.52 Å². The Bertz CT molecular complexity index is 429. The Morgan fingerprint density at radius 3 is 2.47 bits per heavy atom. The summed E-state index contributed by atoms with van der Waals surface area (Å²) in [6, 6.07) is 0. The van der Waals surface area contributed by atoms with Crippen molar-refractivity contribution in [1.82, 2.24) is 20.8 Å². The number of hydrogen-bond acceptors (Lipinski definition) is 5. The van der Waals surface area contributed by atoms with Crippen molar-refractivity contribution in [1.29, 1.82) is 0 Å². The van der Waals surface area contributed by atoms with Crippen LogP contribution < -0.4 is 10.6 Å². The van der Waals surface area contributed by atoms with E-state index in [4.69, 9.17) is 4.52 Å². The van der Waals surface area contributed by atoms with Crippen LogP contribution in [-0.4, -0.2) is 28.8 Å². The minimum atomic E-state index is -0.320. The van der Waals surface area contributed by atoms with Gasteiger partial charge >= 0.3 is 11.8 Å². The van der Waals surface area contributed by atoms with Gasteiger partial charge in [0.05, 0.1) is 5.66 Å². The average Bonchev–Trinajstić information content (AvgIpc) is 2.81. The van der Waals surface area contributed by atoms with Gasteiger partial charge in [-0.15, -0.1) is 0 Å². The molecule has 1 aliphatic carbocycles. The van der Waals surface area contributed by atoms with Crippen LogP contribution in [0.4, 0.5) is 0 Å². The predicted octanol–water partition coefficient (Wildman–Crippen LogP) is 0.806. The van der Waals surface area contributed by atoms with Gasteiger partial charge in [0.15, 0.2) is 5.82 Å². The van der Waals surface area contributed by atoms with Gasteiger partial charge in [0.2, 0.25) is 0 Å². The van der Waals surface area contributed by atoms with E-state index in [0.29, 0.717) is 5.82 Å². The van der Waals surface area contributed by atoms with Crippen molar-refractivity contribution < 1.29 is 9.32 Å². The summed E-state index contributed by atoms with van der Waals surface area (Å²) in [6.45, 7) is 5.90. The first-order chi connectivity index (χ1) is 7.86. The van der Waals surface area contributed by atoms with E-state index in [1.54, 1.807) is 0 Å². The molecule has 1 heterocycles. The van der Waals surface area contributed by atoms with E-state index in [0.717, 1.165) is 12.8 Å². The van der Waals surface area contributed by atoms with Crippen LogP contribution in [0, 0.1) is 0 Å². The van der Waals surface area contributed by atoms with Gasteiger partial charge in [-0.2, -0.15) is 4.98 Å². The van der Waals surface area contributed by atoms with Crippen LogP contribution in [0.5, 0.6) is 0 Å². The number of amides is 1. The lowest BCUT2D eigenvalue weighted by atomic mass is 9.96. The fraction of sp³-hybridized carbons (Fsp3) is 0.727. The molecule has 1 saturated carbocycles. The summed E-state index contributed by atoms with van der Waals surface area (Å²) in [4.78, 5) is 16.0. The van der Waals surface area contributed by atoms with Gasteiger partial charge in [-0.1, -0.05) is 25.9 Å². The van der Waals surface area contributed by atoms with E-state index in [1.807, 2.05) is 27.8 Å². The molecular formula is C11H18N4O2. The molecule has 0 atom stereocenters. The highest BCUT2D eigenvalue weighted by Gasteiger charge is 2.43. The summed E-state index contributed by atoms with van der Waals surface area (Å²) in [5.41, 5.74) is -0.490. The molecule has 1 aliphatic rings. The summed E-state index contributed by atoms with van der Waals surface area (Å²) in [6.07, 6.45) is 1.85. The van der Waals surface area contributed by atoms with Gasteiger partial charge in [0.25, 0.3) is 0 Å². The summed E-state index contributed by atoms with van der Waals surface area (Å²) in [5.74, 6) is 0.244. The van der Waals surface area contributed by atoms with E-state index < -0.39 is 0 Å². The standard InChI is InChI=1S/C11H18N4O2/c1-10(2,3)9-13-8(17-15-9)7(16)14-11(12-4)5-6-11/h12H,5-6H2,1-4H3,(H,14,16). The third-order valence-electron chi connectivity index (χ3n) is 2.87. The maximum Gasteiger partial charge on any atom is 0.316 e. The molecule has 1 amide bonds. The molecule has 0 radical (unpaired) electrons. The fourth-order valence-corrected chi connectivity index (χ4v) is 1.45. The van der Waals surface area contributed by atoms with Crippen molar-refractivity contribution in [2.45, 2.75) is 44.7 Å². The SMILES string of the molecule is CNC1(NC(=O)c2nc(C(C)(C)C)no2)CC1. The molecular weight excluding hydrogens is 220 g/mol. The summed E-state index contributed by atoms with van der Waals surface area (Å²) >= 11 is 0. The first-order valence-corrected chi connectivity index (χ1v) is 5.72. The van der Waals surface area contributed by atoms with Crippen molar-refractivity contribution in [3.05, 3.63) is 11.7 Å². The largest absolute Gasteiger partial charge is 0.330 e. The number of aromatic nitrogens is 2. The highest BCUT2D eigenvalue weighted by molar-refractivity contribution is 5.90. The number of carbonyl (C=O) groups excluding carboxylic acids is 1. The van der Waals surface area contributed by atoms with Crippen molar-refractivity contribution in [2.24, 2.45) is 0 Å². The molecule has 94 valence electrons. The molecule has 6 nitrogen and oxygen atoms in total. The second-order valence-corrected chi connectivity index (χ2v) is 5.46. The number of hydrogen-bond donors (Lipinski definition) is 2. The Kier molecular flexibility index (Phi) is 2.69. The van der Waals surface area contributed by atoms with Crippen molar-refractivity contribution in [3.8, 4) is 0 Å². The van der Waals surface area contributed by atoms with Crippen molar-refractivity contribution in [2.75, 3.05) is 7.05 Å². The minimum absolute atomic E-state index is 0.0245. The maximum atomic E-state index is 11.9. The van der Waals surface area contributed by atoms with Crippen LogP contribution in [0.2, 0.25) is 0 Å². The monoisotopic (exact) mass is 238 g/mol. The molecule has 0 unspecified atom stereocenters. The molecule has 6 heteroatoms. The van der Waals surface area contributed by atoms with Crippen LogP contribution in [-0.2, 0) is 5.41 Å². The highest BCUT2D eigenvalue weighted by atomic mass is 16.5. The smallest absolute Gasteiger partial charge is 0.316 e. The van der Waals surface area contributed by atoms with E-state index in [9.17, 15) is 4.79 Å². The van der Waals surface area contributed by atoms with E-state index >= 15 is 0 Å². The predicted molar refractivity (Wildman–Crippen MR) is 61.5 cm³/mol. The lowest BCUT2D eigenvalue weighted by molar-refractivity contribution is 0.0880. The second kappa shape index (κ2) is 3.80. The lowest BCUT2D eigenvalue weighted by Crippen LogP contribution is -2.46. The number of carbonyl (C=O) groups is 1. The summed E-state index contributed by atoms with van der Waals surface area (Å²) < 4.78 is 4.97. The first-order valence-electron chi connectivity index (χ1n) is 5.72. The zero-order valence-corrected chi connectivity index (χ0v) is 10.6. The van der Waals surface area contributed by atoms with Gasteiger partial charge in [-0.05, 0) is 19.9 Å². The number of rotatable bonds is 3. The highest BCUT2D eigenvalue weighted by Crippen LogP contribution is 2.31. The van der Waals surface area contributed by atoms with Crippen molar-refractivity contribution in [3.63, 3.8) is 0 Å². The first kappa shape index (κ1) is 12.0. The van der Waals surface area contributed by atoms with E-state index in [2.05, 4.69) is 20.8 Å². The Morgan fingerprint density at radius 2 is 2.06 bits per heavy atom. The Morgan fingerprint density at radius 1 is 1.41 bits per heavy atom. The molecule has 1 fully saturated rings. The Balaban J connectivity index is 2.08. The third-order valence-corrected chi connectivity index (χ3v) is 2.87. The Hall–Kier alpha value is -1.43. The second-order valence-electron chi connectivity index (χ2n) is 5.46. The van der Waals surface area contributed by atoms with Crippen LogP contribution in [0.25, 0.3) is 0 Å². The zero-order chi connectivity index (χ0) is 12.7. The molecule has 0 spiro atoms. The molecule has 2 rings (SSSR count). The molecule has 0 aliphatic heterocycles. The van der Waals surface area contributed by atoms with Gasteiger partial charge < -0.3 is 9.84 Å². The van der Waals surface area contributed by atoms with E-state index in [-0.39, 0.29) is 22.9 Å². The summed E-state index contributed by atoms with van der Waals surface area (Å²) in [7, 11) is 1.82. The molecule has 1 aromatic heterocycles. The van der Waals surface area contributed by atoms with Gasteiger partial charge in [0, 0.05) is 5.41 Å². The molecule has 0 aromatic carbocycles. The van der Waals surface area contributed by atoms with Gasteiger partial charge in [-0.3, -0.25) is 10.1 Å². The molecule has 0 bridgehead atoms. The number of nitrogens with one attached hydrogen (secondary N) is 2. The topological polar surface area (TPSA) is 80.0 Å².